The summed E-state index contributed by atoms with van der Waals surface area (Å²) >= 11 is 0. The molecule has 3 aromatic rings. The molecule has 1 aromatic carbocycles. The van der Waals surface area contributed by atoms with Gasteiger partial charge in [-0.05, 0) is 29.8 Å². The molecule has 0 unspecified atom stereocenters. The van der Waals surface area contributed by atoms with Crippen molar-refractivity contribution < 1.29 is 14.2 Å². The van der Waals surface area contributed by atoms with Crippen molar-refractivity contribution in [3.05, 3.63) is 66.5 Å². The lowest BCUT2D eigenvalue weighted by Gasteiger charge is -2.28. The van der Waals surface area contributed by atoms with Crippen LogP contribution < -0.4 is 10.2 Å². The van der Waals surface area contributed by atoms with Crippen LogP contribution >= 0.6 is 0 Å². The molecule has 2 aromatic heterocycles. The van der Waals surface area contributed by atoms with E-state index in [4.69, 9.17) is 19.2 Å². The summed E-state index contributed by atoms with van der Waals surface area (Å²) in [6.07, 6.45) is 3.34. The molecule has 7 heteroatoms. The molecule has 4 heterocycles. The molecule has 0 atom stereocenters. The Morgan fingerprint density at radius 1 is 0.900 bits per heavy atom. The third-order valence-corrected chi connectivity index (χ3v) is 5.24. The summed E-state index contributed by atoms with van der Waals surface area (Å²) < 4.78 is 16.9. The standard InChI is InChI=1S/C23H24N4O3/c1-2-7-24-21(6-1)26-20-16-25-22(27-8-10-28-11-9-27)15-19(20)17-4-3-5-18(14-17)23-29-12-13-30-23/h1-7,14-16,23H,8-13H2,(H,24,26). The molecular formula is C23H24N4O3. The van der Waals surface area contributed by atoms with Crippen molar-refractivity contribution in [2.24, 2.45) is 0 Å². The van der Waals surface area contributed by atoms with Gasteiger partial charge in [-0.25, -0.2) is 9.97 Å². The fourth-order valence-electron chi connectivity index (χ4n) is 3.73. The topological polar surface area (TPSA) is 68.7 Å². The van der Waals surface area contributed by atoms with E-state index in [0.29, 0.717) is 13.2 Å². The number of pyridine rings is 2. The van der Waals surface area contributed by atoms with Crippen LogP contribution in [0, 0.1) is 0 Å². The highest BCUT2D eigenvalue weighted by molar-refractivity contribution is 5.82. The van der Waals surface area contributed by atoms with Crippen molar-refractivity contribution >= 4 is 17.3 Å². The van der Waals surface area contributed by atoms with E-state index in [1.807, 2.05) is 36.5 Å². The number of hydrogen-bond acceptors (Lipinski definition) is 7. The molecule has 0 amide bonds. The van der Waals surface area contributed by atoms with E-state index in [0.717, 1.165) is 60.3 Å². The van der Waals surface area contributed by atoms with Gasteiger partial charge < -0.3 is 24.4 Å². The minimum Gasteiger partial charge on any atom is -0.378 e. The Kier molecular flexibility index (Phi) is 5.56. The maximum atomic E-state index is 5.69. The van der Waals surface area contributed by atoms with Crippen LogP contribution in [0.2, 0.25) is 0 Å². The number of rotatable bonds is 5. The highest BCUT2D eigenvalue weighted by Gasteiger charge is 2.20. The molecule has 2 saturated heterocycles. The first-order chi connectivity index (χ1) is 14.9. The second kappa shape index (κ2) is 8.79. The highest BCUT2D eigenvalue weighted by Crippen LogP contribution is 2.35. The molecule has 0 radical (unpaired) electrons. The summed E-state index contributed by atoms with van der Waals surface area (Å²) in [5, 5.41) is 3.41. The average Bonchev–Trinajstić information content (AvgIpc) is 3.36. The number of morpholine rings is 1. The van der Waals surface area contributed by atoms with Crippen LogP contribution in [0.3, 0.4) is 0 Å². The molecule has 0 spiro atoms. The predicted molar refractivity (Wildman–Crippen MR) is 115 cm³/mol. The minimum absolute atomic E-state index is 0.308. The first kappa shape index (κ1) is 19.0. The van der Waals surface area contributed by atoms with Gasteiger partial charge in [0, 0.05) is 30.4 Å². The van der Waals surface area contributed by atoms with Crippen LogP contribution in [0.5, 0.6) is 0 Å². The first-order valence-corrected chi connectivity index (χ1v) is 10.2. The van der Waals surface area contributed by atoms with Gasteiger partial charge in [-0.2, -0.15) is 0 Å². The molecule has 2 fully saturated rings. The summed E-state index contributed by atoms with van der Waals surface area (Å²) in [6, 6.07) is 16.2. The van der Waals surface area contributed by atoms with Crippen molar-refractivity contribution in [3.8, 4) is 11.1 Å². The van der Waals surface area contributed by atoms with Crippen LogP contribution in [0.1, 0.15) is 11.9 Å². The van der Waals surface area contributed by atoms with Gasteiger partial charge in [0.15, 0.2) is 6.29 Å². The van der Waals surface area contributed by atoms with Crippen molar-refractivity contribution in [2.75, 3.05) is 49.7 Å². The van der Waals surface area contributed by atoms with Gasteiger partial charge in [0.05, 0.1) is 38.3 Å². The van der Waals surface area contributed by atoms with E-state index in [2.05, 4.69) is 33.4 Å². The van der Waals surface area contributed by atoms with Crippen LogP contribution in [-0.2, 0) is 14.2 Å². The molecule has 0 saturated carbocycles. The minimum atomic E-state index is -0.308. The fourth-order valence-corrected chi connectivity index (χ4v) is 3.73. The number of benzene rings is 1. The van der Waals surface area contributed by atoms with Gasteiger partial charge >= 0.3 is 0 Å². The Morgan fingerprint density at radius 3 is 2.57 bits per heavy atom. The lowest BCUT2D eigenvalue weighted by molar-refractivity contribution is -0.0440. The number of nitrogens with one attached hydrogen (secondary N) is 1. The van der Waals surface area contributed by atoms with Crippen LogP contribution in [-0.4, -0.2) is 49.5 Å². The summed E-state index contributed by atoms with van der Waals surface area (Å²) in [4.78, 5) is 11.4. The Labute approximate surface area is 175 Å². The van der Waals surface area contributed by atoms with Gasteiger partial charge in [-0.15, -0.1) is 0 Å². The third kappa shape index (κ3) is 4.14. The Balaban J connectivity index is 1.53. The van der Waals surface area contributed by atoms with Gasteiger partial charge in [-0.3, -0.25) is 0 Å². The zero-order valence-electron chi connectivity index (χ0n) is 16.7. The van der Waals surface area contributed by atoms with Crippen molar-refractivity contribution in [1.29, 1.82) is 0 Å². The lowest BCUT2D eigenvalue weighted by Crippen LogP contribution is -2.36. The van der Waals surface area contributed by atoms with Gasteiger partial charge in [-0.1, -0.05) is 24.3 Å². The van der Waals surface area contributed by atoms with E-state index in [1.54, 1.807) is 6.20 Å². The summed E-state index contributed by atoms with van der Waals surface area (Å²) in [6.45, 7) is 4.36. The van der Waals surface area contributed by atoms with E-state index < -0.39 is 0 Å². The van der Waals surface area contributed by atoms with E-state index in [-0.39, 0.29) is 6.29 Å². The SMILES string of the molecule is c1ccc(Nc2cnc(N3CCOCC3)cc2-c2cccc(C3OCCO3)c2)nc1. The third-order valence-electron chi connectivity index (χ3n) is 5.24. The van der Waals surface area contributed by atoms with Crippen molar-refractivity contribution in [2.45, 2.75) is 6.29 Å². The van der Waals surface area contributed by atoms with Crippen LogP contribution in [0.15, 0.2) is 60.9 Å². The molecule has 2 aliphatic heterocycles. The largest absolute Gasteiger partial charge is 0.378 e. The monoisotopic (exact) mass is 404 g/mol. The van der Waals surface area contributed by atoms with Gasteiger partial charge in [0.1, 0.15) is 11.6 Å². The van der Waals surface area contributed by atoms with E-state index in [1.165, 1.54) is 0 Å². The summed E-state index contributed by atoms with van der Waals surface area (Å²) in [5.41, 5.74) is 4.04. The fraction of sp³-hybridized carbons (Fsp3) is 0.304. The lowest BCUT2D eigenvalue weighted by atomic mass is 10.0. The number of anilines is 3. The van der Waals surface area contributed by atoms with Crippen molar-refractivity contribution in [3.63, 3.8) is 0 Å². The Morgan fingerprint density at radius 2 is 1.77 bits per heavy atom. The van der Waals surface area contributed by atoms with Crippen LogP contribution in [0.25, 0.3) is 11.1 Å². The number of hydrogen-bond donors (Lipinski definition) is 1. The zero-order chi connectivity index (χ0) is 20.2. The predicted octanol–water partition coefficient (Wildman–Crippen LogP) is 3.77. The van der Waals surface area contributed by atoms with E-state index >= 15 is 0 Å². The second-order valence-corrected chi connectivity index (χ2v) is 7.23. The number of nitrogens with zero attached hydrogens (tertiary/aromatic N) is 3. The van der Waals surface area contributed by atoms with Gasteiger partial charge in [0.25, 0.3) is 0 Å². The smallest absolute Gasteiger partial charge is 0.184 e. The Hall–Kier alpha value is -3.00. The normalized spacial score (nSPS) is 17.3. The second-order valence-electron chi connectivity index (χ2n) is 7.23. The molecule has 30 heavy (non-hydrogen) atoms. The molecule has 0 aliphatic carbocycles. The molecule has 5 rings (SSSR count). The average molecular weight is 404 g/mol. The zero-order valence-corrected chi connectivity index (χ0v) is 16.7. The molecule has 0 bridgehead atoms. The number of ether oxygens (including phenoxy) is 3. The number of aromatic nitrogens is 2. The van der Waals surface area contributed by atoms with Crippen LogP contribution in [0.4, 0.5) is 17.3 Å². The molecule has 2 aliphatic rings. The van der Waals surface area contributed by atoms with Gasteiger partial charge in [0.2, 0.25) is 0 Å². The molecule has 1 N–H and O–H groups in total. The summed E-state index contributed by atoms with van der Waals surface area (Å²) in [7, 11) is 0. The highest BCUT2D eigenvalue weighted by atomic mass is 16.7. The van der Waals surface area contributed by atoms with Crippen molar-refractivity contribution in [1.82, 2.24) is 9.97 Å². The maximum Gasteiger partial charge on any atom is 0.184 e. The molecule has 154 valence electrons. The molecule has 7 nitrogen and oxygen atoms in total. The van der Waals surface area contributed by atoms with E-state index in [9.17, 15) is 0 Å². The summed E-state index contributed by atoms with van der Waals surface area (Å²) in [5.74, 6) is 1.72. The maximum absolute atomic E-state index is 5.69. The first-order valence-electron chi connectivity index (χ1n) is 10.2. The molecular weight excluding hydrogens is 380 g/mol. The quantitative estimate of drug-likeness (QED) is 0.694. The Bertz CT molecular complexity index is 987.